The van der Waals surface area contributed by atoms with Gasteiger partial charge in [0.05, 0.1) is 23.2 Å². The molecule has 2 N–H and O–H groups in total. The zero-order valence-electron chi connectivity index (χ0n) is 9.87. The Balaban J connectivity index is 2.13. The molecule has 1 amide bonds. The monoisotopic (exact) mass is 264 g/mol. The minimum atomic E-state index is -0.141. The summed E-state index contributed by atoms with van der Waals surface area (Å²) in [5.74, 6) is -0.141. The summed E-state index contributed by atoms with van der Waals surface area (Å²) in [5, 5.41) is 6.31. The molecule has 5 heteroatoms. The van der Waals surface area contributed by atoms with Crippen LogP contribution in [-0.2, 0) is 6.54 Å². The lowest BCUT2D eigenvalue weighted by molar-refractivity contribution is 0.0963. The Morgan fingerprint density at radius 2 is 2.22 bits per heavy atom. The number of rotatable bonds is 4. The van der Waals surface area contributed by atoms with Crippen LogP contribution in [0.4, 0.5) is 5.69 Å². The number of carbonyl (C=O) groups excluding carboxylic acids is 1. The van der Waals surface area contributed by atoms with Gasteiger partial charge in [-0.3, -0.25) is 4.79 Å². The Morgan fingerprint density at radius 3 is 2.89 bits per heavy atom. The van der Waals surface area contributed by atoms with E-state index in [-0.39, 0.29) is 5.91 Å². The third-order valence-corrected chi connectivity index (χ3v) is 2.85. The highest BCUT2D eigenvalue weighted by atomic mass is 35.5. The molecule has 2 rings (SSSR count). The third kappa shape index (κ3) is 2.84. The van der Waals surface area contributed by atoms with Crippen molar-refractivity contribution < 1.29 is 9.21 Å². The Kier molecular flexibility index (Phi) is 3.89. The van der Waals surface area contributed by atoms with Crippen LogP contribution in [-0.4, -0.2) is 13.0 Å². The quantitative estimate of drug-likeness (QED) is 0.893. The summed E-state index contributed by atoms with van der Waals surface area (Å²) in [6, 6.07) is 6.97. The molecule has 0 spiro atoms. The number of amides is 1. The molecule has 94 valence electrons. The summed E-state index contributed by atoms with van der Waals surface area (Å²) in [7, 11) is 1.59. The average Bonchev–Trinajstić information content (AvgIpc) is 2.90. The topological polar surface area (TPSA) is 54.3 Å². The van der Waals surface area contributed by atoms with E-state index >= 15 is 0 Å². The lowest BCUT2D eigenvalue weighted by Gasteiger charge is -2.09. The molecule has 0 fully saturated rings. The van der Waals surface area contributed by atoms with E-state index in [1.165, 1.54) is 0 Å². The van der Waals surface area contributed by atoms with Crippen molar-refractivity contribution in [3.8, 4) is 0 Å². The zero-order chi connectivity index (χ0) is 13.0. The van der Waals surface area contributed by atoms with E-state index in [9.17, 15) is 4.79 Å². The first-order valence-electron chi connectivity index (χ1n) is 5.47. The van der Waals surface area contributed by atoms with E-state index in [0.29, 0.717) is 17.1 Å². The van der Waals surface area contributed by atoms with Gasteiger partial charge in [-0.15, -0.1) is 0 Å². The number of furan rings is 1. The predicted molar refractivity (Wildman–Crippen MR) is 70.9 cm³/mol. The van der Waals surface area contributed by atoms with Crippen molar-refractivity contribution in [2.45, 2.75) is 6.54 Å². The van der Waals surface area contributed by atoms with Crippen LogP contribution in [0, 0.1) is 0 Å². The van der Waals surface area contributed by atoms with E-state index < -0.39 is 0 Å². The van der Waals surface area contributed by atoms with Gasteiger partial charge in [0.2, 0.25) is 0 Å². The molecule has 0 aliphatic rings. The normalized spacial score (nSPS) is 10.1. The molecule has 0 radical (unpaired) electrons. The second kappa shape index (κ2) is 5.60. The summed E-state index contributed by atoms with van der Waals surface area (Å²) in [5.41, 5.74) is 2.30. The van der Waals surface area contributed by atoms with Crippen molar-refractivity contribution >= 4 is 23.2 Å². The Bertz CT molecular complexity index is 538. The van der Waals surface area contributed by atoms with Crippen LogP contribution < -0.4 is 10.6 Å². The molecule has 0 atom stereocenters. The van der Waals surface area contributed by atoms with Crippen LogP contribution in [0.25, 0.3) is 0 Å². The Morgan fingerprint density at radius 1 is 1.39 bits per heavy atom. The van der Waals surface area contributed by atoms with E-state index in [0.717, 1.165) is 11.3 Å². The first-order valence-corrected chi connectivity index (χ1v) is 5.85. The van der Waals surface area contributed by atoms with Gasteiger partial charge >= 0.3 is 0 Å². The maximum atomic E-state index is 11.5. The molecule has 0 aliphatic heterocycles. The summed E-state index contributed by atoms with van der Waals surface area (Å²) >= 11 is 6.07. The van der Waals surface area contributed by atoms with Gasteiger partial charge in [-0.2, -0.15) is 0 Å². The second-order valence-corrected chi connectivity index (χ2v) is 4.17. The molecule has 0 unspecified atom stereocenters. The predicted octanol–water partition coefficient (Wildman–Crippen LogP) is 2.90. The molecular weight excluding hydrogens is 252 g/mol. The number of hydrogen-bond acceptors (Lipinski definition) is 3. The highest BCUT2D eigenvalue weighted by Gasteiger charge is 2.07. The van der Waals surface area contributed by atoms with E-state index in [4.69, 9.17) is 16.0 Å². The molecule has 2 aromatic rings. The maximum absolute atomic E-state index is 11.5. The third-order valence-electron chi connectivity index (χ3n) is 2.52. The number of benzene rings is 1. The van der Waals surface area contributed by atoms with Crippen LogP contribution in [0.5, 0.6) is 0 Å². The lowest BCUT2D eigenvalue weighted by Crippen LogP contribution is -2.17. The number of halogens is 1. The number of anilines is 1. The molecule has 0 saturated carbocycles. The minimum absolute atomic E-state index is 0.141. The van der Waals surface area contributed by atoms with Crippen molar-refractivity contribution in [3.05, 3.63) is 52.9 Å². The van der Waals surface area contributed by atoms with Gasteiger partial charge < -0.3 is 15.1 Å². The highest BCUT2D eigenvalue weighted by Crippen LogP contribution is 2.23. The van der Waals surface area contributed by atoms with Gasteiger partial charge in [-0.25, -0.2) is 0 Å². The summed E-state index contributed by atoms with van der Waals surface area (Å²) in [4.78, 5) is 11.5. The number of hydrogen-bond donors (Lipinski definition) is 2. The first-order chi connectivity index (χ1) is 8.70. The number of nitrogens with one attached hydrogen (secondary N) is 2. The van der Waals surface area contributed by atoms with Crippen LogP contribution in [0.3, 0.4) is 0 Å². The fourth-order valence-corrected chi connectivity index (χ4v) is 1.72. The molecule has 4 nitrogen and oxygen atoms in total. The van der Waals surface area contributed by atoms with Crippen LogP contribution in [0.1, 0.15) is 15.9 Å². The molecule has 1 aromatic heterocycles. The maximum Gasteiger partial charge on any atom is 0.251 e. The second-order valence-electron chi connectivity index (χ2n) is 3.76. The molecule has 18 heavy (non-hydrogen) atoms. The minimum Gasteiger partial charge on any atom is -0.472 e. The molecule has 1 aromatic carbocycles. The van der Waals surface area contributed by atoms with Crippen molar-refractivity contribution in [1.29, 1.82) is 0 Å². The van der Waals surface area contributed by atoms with E-state index in [2.05, 4.69) is 10.6 Å². The lowest BCUT2D eigenvalue weighted by atomic mass is 10.2. The van der Waals surface area contributed by atoms with Gasteiger partial charge in [0, 0.05) is 24.7 Å². The fraction of sp³-hybridized carbons (Fsp3) is 0.154. The highest BCUT2D eigenvalue weighted by molar-refractivity contribution is 6.33. The summed E-state index contributed by atoms with van der Waals surface area (Å²) in [6.07, 6.45) is 3.27. The van der Waals surface area contributed by atoms with Gasteiger partial charge in [0.25, 0.3) is 5.91 Å². The summed E-state index contributed by atoms with van der Waals surface area (Å²) in [6.45, 7) is 0.591. The van der Waals surface area contributed by atoms with Gasteiger partial charge in [0.1, 0.15) is 0 Å². The fourth-order valence-electron chi connectivity index (χ4n) is 1.54. The van der Waals surface area contributed by atoms with E-state index in [1.54, 1.807) is 37.8 Å². The van der Waals surface area contributed by atoms with Crippen molar-refractivity contribution in [1.82, 2.24) is 5.32 Å². The van der Waals surface area contributed by atoms with E-state index in [1.807, 2.05) is 6.07 Å². The standard InChI is InChI=1S/C13H13ClN2O2/c1-15-13(17)10-2-3-11(14)12(6-10)16-7-9-4-5-18-8-9/h2-6,8,16H,7H2,1H3,(H,15,17). The van der Waals surface area contributed by atoms with Crippen LogP contribution in [0.2, 0.25) is 5.02 Å². The molecule has 0 saturated heterocycles. The number of carbonyl (C=O) groups is 1. The Hall–Kier alpha value is -1.94. The molecule has 1 heterocycles. The average molecular weight is 265 g/mol. The van der Waals surface area contributed by atoms with Crippen molar-refractivity contribution in [2.75, 3.05) is 12.4 Å². The summed E-state index contributed by atoms with van der Waals surface area (Å²) < 4.78 is 4.98. The largest absolute Gasteiger partial charge is 0.472 e. The van der Waals surface area contributed by atoms with Crippen molar-refractivity contribution in [2.24, 2.45) is 0 Å². The first kappa shape index (κ1) is 12.5. The Labute approximate surface area is 110 Å². The molecule has 0 aliphatic carbocycles. The van der Waals surface area contributed by atoms with Gasteiger partial charge in [-0.1, -0.05) is 11.6 Å². The SMILES string of the molecule is CNC(=O)c1ccc(Cl)c(NCc2ccoc2)c1. The van der Waals surface area contributed by atoms with Crippen LogP contribution in [0.15, 0.2) is 41.2 Å². The molecular formula is C13H13ClN2O2. The van der Waals surface area contributed by atoms with Crippen molar-refractivity contribution in [3.63, 3.8) is 0 Å². The van der Waals surface area contributed by atoms with Crippen LogP contribution >= 0.6 is 11.6 Å². The smallest absolute Gasteiger partial charge is 0.251 e. The van der Waals surface area contributed by atoms with Gasteiger partial charge in [-0.05, 0) is 24.3 Å². The zero-order valence-corrected chi connectivity index (χ0v) is 10.6. The van der Waals surface area contributed by atoms with Gasteiger partial charge in [0.15, 0.2) is 0 Å². The molecule has 0 bridgehead atoms.